The number of nitrogens with two attached hydrogens (primary N) is 1. The number of aromatic nitrogens is 2. The Balaban J connectivity index is 1.59. The molecule has 4 rings (SSSR count). The quantitative estimate of drug-likeness (QED) is 0.419. The van der Waals surface area contributed by atoms with Gasteiger partial charge in [0.15, 0.2) is 11.5 Å². The monoisotopic (exact) mass is 422 g/mol. The standard InChI is InChI=1S/C26H22N4O2/c1-31-25-15-20(12-13-24(25)32-18-19-8-4-2-5-9-19)14-21(17-27)23-16-26(28)30(29-23)22-10-6-3-7-11-22/h2-16H,18,28H2,1H3. The molecule has 6 nitrogen and oxygen atoms in total. The zero-order valence-corrected chi connectivity index (χ0v) is 17.6. The number of anilines is 1. The number of allylic oxidation sites excluding steroid dienone is 1. The Morgan fingerprint density at radius 2 is 1.72 bits per heavy atom. The van der Waals surface area contributed by atoms with Crippen LogP contribution in [0.25, 0.3) is 17.3 Å². The number of hydrogen-bond acceptors (Lipinski definition) is 5. The molecule has 0 fully saturated rings. The minimum atomic E-state index is 0.395. The van der Waals surface area contributed by atoms with Crippen LogP contribution in [0.1, 0.15) is 16.8 Å². The first-order valence-electron chi connectivity index (χ1n) is 10.1. The highest BCUT2D eigenvalue weighted by Gasteiger charge is 2.12. The summed E-state index contributed by atoms with van der Waals surface area (Å²) in [4.78, 5) is 0. The number of benzene rings is 3. The average Bonchev–Trinajstić information content (AvgIpc) is 3.24. The molecule has 0 aliphatic rings. The number of hydrogen-bond donors (Lipinski definition) is 1. The average molecular weight is 422 g/mol. The van der Waals surface area contributed by atoms with E-state index in [2.05, 4.69) is 11.2 Å². The van der Waals surface area contributed by atoms with Crippen LogP contribution in [0, 0.1) is 11.3 Å². The summed E-state index contributed by atoms with van der Waals surface area (Å²) in [6, 6.07) is 28.9. The van der Waals surface area contributed by atoms with Crippen LogP contribution in [0.3, 0.4) is 0 Å². The maximum atomic E-state index is 9.74. The highest BCUT2D eigenvalue weighted by molar-refractivity contribution is 5.89. The molecule has 0 atom stereocenters. The van der Waals surface area contributed by atoms with Gasteiger partial charge in [0.25, 0.3) is 0 Å². The van der Waals surface area contributed by atoms with Crippen LogP contribution >= 0.6 is 0 Å². The number of nitrogens with zero attached hydrogens (tertiary/aromatic N) is 3. The first-order valence-corrected chi connectivity index (χ1v) is 10.1. The molecule has 0 aliphatic heterocycles. The molecule has 0 spiro atoms. The Morgan fingerprint density at radius 1 is 1.00 bits per heavy atom. The van der Waals surface area contributed by atoms with Crippen molar-refractivity contribution >= 4 is 17.5 Å². The fourth-order valence-electron chi connectivity index (χ4n) is 3.26. The molecule has 0 saturated heterocycles. The third-order valence-corrected chi connectivity index (χ3v) is 4.87. The van der Waals surface area contributed by atoms with Crippen LogP contribution in [0.5, 0.6) is 11.5 Å². The van der Waals surface area contributed by atoms with Crippen LogP contribution in [0.15, 0.2) is 84.9 Å². The molecule has 32 heavy (non-hydrogen) atoms. The molecule has 0 saturated carbocycles. The van der Waals surface area contributed by atoms with Crippen molar-refractivity contribution in [1.82, 2.24) is 9.78 Å². The van der Waals surface area contributed by atoms with E-state index in [-0.39, 0.29) is 0 Å². The normalized spacial score (nSPS) is 11.1. The summed E-state index contributed by atoms with van der Waals surface area (Å²) < 4.78 is 13.0. The van der Waals surface area contributed by atoms with Crippen LogP contribution in [0.4, 0.5) is 5.82 Å². The highest BCUT2D eigenvalue weighted by atomic mass is 16.5. The number of nitriles is 1. The molecule has 0 aliphatic carbocycles. The van der Waals surface area contributed by atoms with Crippen molar-refractivity contribution in [2.45, 2.75) is 6.61 Å². The van der Waals surface area contributed by atoms with Gasteiger partial charge in [-0.25, -0.2) is 4.68 Å². The molecular weight excluding hydrogens is 400 g/mol. The third kappa shape index (κ3) is 4.63. The minimum Gasteiger partial charge on any atom is -0.493 e. The fourth-order valence-corrected chi connectivity index (χ4v) is 3.26. The van der Waals surface area contributed by atoms with Crippen molar-refractivity contribution in [2.24, 2.45) is 0 Å². The van der Waals surface area contributed by atoms with Crippen molar-refractivity contribution in [3.05, 3.63) is 102 Å². The Hall–Kier alpha value is -4.50. The van der Waals surface area contributed by atoms with Gasteiger partial charge in [-0.15, -0.1) is 0 Å². The second kappa shape index (κ2) is 9.54. The van der Waals surface area contributed by atoms with Gasteiger partial charge in [-0.3, -0.25) is 0 Å². The molecule has 158 valence electrons. The van der Waals surface area contributed by atoms with Crippen LogP contribution < -0.4 is 15.2 Å². The molecule has 0 amide bonds. The lowest BCUT2D eigenvalue weighted by atomic mass is 10.1. The molecular formula is C26H22N4O2. The molecule has 0 unspecified atom stereocenters. The summed E-state index contributed by atoms with van der Waals surface area (Å²) >= 11 is 0. The Bertz CT molecular complexity index is 1270. The van der Waals surface area contributed by atoms with Crippen molar-refractivity contribution in [3.8, 4) is 23.3 Å². The molecule has 6 heteroatoms. The van der Waals surface area contributed by atoms with E-state index >= 15 is 0 Å². The Kier molecular flexibility index (Phi) is 6.19. The predicted molar refractivity (Wildman–Crippen MR) is 125 cm³/mol. The summed E-state index contributed by atoms with van der Waals surface area (Å²) in [5.41, 5.74) is 9.71. The summed E-state index contributed by atoms with van der Waals surface area (Å²) in [6.45, 7) is 0.437. The number of ether oxygens (including phenoxy) is 2. The van der Waals surface area contributed by atoms with Crippen LogP contribution in [0.2, 0.25) is 0 Å². The van der Waals surface area contributed by atoms with E-state index in [1.54, 1.807) is 23.9 Å². The number of para-hydroxylation sites is 1. The number of methoxy groups -OCH3 is 1. The van der Waals surface area contributed by atoms with Gasteiger partial charge in [0.1, 0.15) is 24.2 Å². The van der Waals surface area contributed by atoms with E-state index < -0.39 is 0 Å². The molecule has 4 aromatic rings. The zero-order chi connectivity index (χ0) is 22.3. The molecule has 1 aromatic heterocycles. The lowest BCUT2D eigenvalue weighted by Gasteiger charge is -2.11. The lowest BCUT2D eigenvalue weighted by Crippen LogP contribution is -2.01. The number of rotatable bonds is 7. The first kappa shape index (κ1) is 20.8. The summed E-state index contributed by atoms with van der Waals surface area (Å²) in [5.74, 6) is 1.67. The highest BCUT2D eigenvalue weighted by Crippen LogP contribution is 2.30. The smallest absolute Gasteiger partial charge is 0.161 e. The van der Waals surface area contributed by atoms with Crippen molar-refractivity contribution < 1.29 is 9.47 Å². The fraction of sp³-hybridized carbons (Fsp3) is 0.0769. The molecule has 0 bridgehead atoms. The predicted octanol–water partition coefficient (Wildman–Crippen LogP) is 5.11. The van der Waals surface area contributed by atoms with Crippen LogP contribution in [-0.2, 0) is 6.61 Å². The first-order chi connectivity index (χ1) is 15.7. The second-order valence-corrected chi connectivity index (χ2v) is 7.06. The van der Waals surface area contributed by atoms with Gasteiger partial charge < -0.3 is 15.2 Å². The molecule has 1 heterocycles. The van der Waals surface area contributed by atoms with Gasteiger partial charge >= 0.3 is 0 Å². The SMILES string of the molecule is COc1cc(C=C(C#N)c2cc(N)n(-c3ccccc3)n2)ccc1OCc1ccccc1. The van der Waals surface area contributed by atoms with E-state index in [0.29, 0.717) is 35.2 Å². The van der Waals surface area contributed by atoms with Gasteiger partial charge in [0.2, 0.25) is 0 Å². The van der Waals surface area contributed by atoms with E-state index in [1.165, 1.54) is 0 Å². The molecule has 0 radical (unpaired) electrons. The Labute approximate surface area is 186 Å². The third-order valence-electron chi connectivity index (χ3n) is 4.87. The maximum Gasteiger partial charge on any atom is 0.161 e. The summed E-state index contributed by atoms with van der Waals surface area (Å²) in [5, 5.41) is 14.3. The Morgan fingerprint density at radius 3 is 2.41 bits per heavy atom. The van der Waals surface area contributed by atoms with E-state index in [0.717, 1.165) is 16.8 Å². The number of nitrogen functional groups attached to an aromatic ring is 1. The van der Waals surface area contributed by atoms with Crippen molar-refractivity contribution in [1.29, 1.82) is 5.26 Å². The van der Waals surface area contributed by atoms with E-state index in [4.69, 9.17) is 15.2 Å². The molecule has 3 aromatic carbocycles. The molecule has 2 N–H and O–H groups in total. The van der Waals surface area contributed by atoms with Gasteiger partial charge in [-0.05, 0) is 41.5 Å². The van der Waals surface area contributed by atoms with E-state index in [9.17, 15) is 5.26 Å². The van der Waals surface area contributed by atoms with Crippen LogP contribution in [-0.4, -0.2) is 16.9 Å². The topological polar surface area (TPSA) is 86.1 Å². The van der Waals surface area contributed by atoms with Gasteiger partial charge in [0.05, 0.1) is 18.4 Å². The van der Waals surface area contributed by atoms with Gasteiger partial charge in [0, 0.05) is 6.07 Å². The second-order valence-electron chi connectivity index (χ2n) is 7.06. The largest absolute Gasteiger partial charge is 0.493 e. The zero-order valence-electron chi connectivity index (χ0n) is 17.6. The van der Waals surface area contributed by atoms with Crippen molar-refractivity contribution in [2.75, 3.05) is 12.8 Å². The van der Waals surface area contributed by atoms with Crippen molar-refractivity contribution in [3.63, 3.8) is 0 Å². The summed E-state index contributed by atoms with van der Waals surface area (Å²) in [6.07, 6.45) is 1.75. The summed E-state index contributed by atoms with van der Waals surface area (Å²) in [7, 11) is 1.59. The van der Waals surface area contributed by atoms with E-state index in [1.807, 2.05) is 78.9 Å². The van der Waals surface area contributed by atoms with Gasteiger partial charge in [-0.1, -0.05) is 54.6 Å². The minimum absolute atomic E-state index is 0.395. The van der Waals surface area contributed by atoms with Gasteiger partial charge in [-0.2, -0.15) is 10.4 Å². The maximum absolute atomic E-state index is 9.74. The lowest BCUT2D eigenvalue weighted by molar-refractivity contribution is 0.284.